The van der Waals surface area contributed by atoms with Gasteiger partial charge in [0.15, 0.2) is 0 Å². The van der Waals surface area contributed by atoms with Crippen molar-refractivity contribution < 1.29 is 13.2 Å². The Hall–Kier alpha value is 0.830. The Kier molecular flexibility index (Phi) is 8.69. The number of rotatable bonds is 7. The largest absolute Gasteiger partial charge is 0.441 e. The molecule has 0 bridgehead atoms. The summed E-state index contributed by atoms with van der Waals surface area (Å²) in [7, 11) is 0. The van der Waals surface area contributed by atoms with Crippen LogP contribution in [0.2, 0.25) is 0 Å². The lowest BCUT2D eigenvalue weighted by atomic mass is 10.3. The molecule has 0 aliphatic carbocycles. The molecule has 80 valence electrons. The van der Waals surface area contributed by atoms with E-state index in [2.05, 4.69) is 27.9 Å². The van der Waals surface area contributed by atoms with Crippen LogP contribution >= 0.6 is 34.4 Å². The first-order valence-electron chi connectivity index (χ1n) is 4.03. The molecule has 0 rings (SSSR count). The van der Waals surface area contributed by atoms with Gasteiger partial charge in [0, 0.05) is 12.3 Å². The van der Waals surface area contributed by atoms with E-state index >= 15 is 0 Å². The zero-order valence-electron chi connectivity index (χ0n) is 7.16. The minimum atomic E-state index is -4.08. The lowest BCUT2D eigenvalue weighted by Gasteiger charge is -2.06. The van der Waals surface area contributed by atoms with E-state index in [1.54, 1.807) is 0 Å². The predicted octanol–water partition coefficient (Wildman–Crippen LogP) is 3.04. The van der Waals surface area contributed by atoms with Crippen molar-refractivity contribution in [2.45, 2.75) is 18.3 Å². The third-order valence-electron chi connectivity index (χ3n) is 1.28. The number of halogens is 4. The van der Waals surface area contributed by atoms with Crippen LogP contribution in [0.3, 0.4) is 0 Å². The molecule has 0 aromatic heterocycles. The highest BCUT2D eigenvalue weighted by atomic mass is 127. The molecule has 0 aromatic rings. The number of hydrogen-bond donors (Lipinski definition) is 1. The van der Waals surface area contributed by atoms with Crippen LogP contribution in [-0.2, 0) is 0 Å². The van der Waals surface area contributed by atoms with Gasteiger partial charge in [-0.3, -0.25) is 0 Å². The zero-order chi connectivity index (χ0) is 10.2. The van der Waals surface area contributed by atoms with Crippen LogP contribution in [0.1, 0.15) is 12.8 Å². The van der Waals surface area contributed by atoms with Gasteiger partial charge in [-0.2, -0.15) is 13.2 Å². The second-order valence-electron chi connectivity index (χ2n) is 2.44. The van der Waals surface area contributed by atoms with Crippen molar-refractivity contribution in [1.29, 1.82) is 0 Å². The molecule has 0 aromatic carbocycles. The maximum absolute atomic E-state index is 11.6. The highest BCUT2D eigenvalue weighted by Crippen LogP contribution is 2.29. The van der Waals surface area contributed by atoms with Crippen LogP contribution in [0.4, 0.5) is 13.2 Å². The minimum absolute atomic E-state index is 0.0334. The van der Waals surface area contributed by atoms with E-state index in [0.29, 0.717) is 6.54 Å². The van der Waals surface area contributed by atoms with Crippen molar-refractivity contribution in [2.75, 3.05) is 23.3 Å². The molecular weight excluding hydrogens is 314 g/mol. The molecule has 13 heavy (non-hydrogen) atoms. The number of unbranched alkanes of at least 4 members (excludes halogenated alkanes) is 1. The highest BCUT2D eigenvalue weighted by Gasteiger charge is 2.27. The summed E-state index contributed by atoms with van der Waals surface area (Å²) in [6.07, 6.45) is 2.17. The smallest absolute Gasteiger partial charge is 0.316 e. The average Bonchev–Trinajstić information content (AvgIpc) is 2.01. The first-order chi connectivity index (χ1) is 6.06. The Bertz CT molecular complexity index is 121. The van der Waals surface area contributed by atoms with Crippen molar-refractivity contribution in [3.63, 3.8) is 0 Å². The quantitative estimate of drug-likeness (QED) is 0.438. The van der Waals surface area contributed by atoms with Crippen LogP contribution in [0, 0.1) is 0 Å². The molecule has 0 spiro atoms. The zero-order valence-corrected chi connectivity index (χ0v) is 10.1. The maximum atomic E-state index is 11.6. The summed E-state index contributed by atoms with van der Waals surface area (Å²) in [5.74, 6) is 0.105. The molecule has 0 heterocycles. The van der Waals surface area contributed by atoms with Crippen LogP contribution in [0.15, 0.2) is 0 Å². The lowest BCUT2D eigenvalue weighted by Crippen LogP contribution is -2.20. The summed E-state index contributed by atoms with van der Waals surface area (Å²) in [5.41, 5.74) is -4.08. The van der Waals surface area contributed by atoms with Crippen LogP contribution < -0.4 is 5.32 Å². The Morgan fingerprint density at radius 2 is 1.85 bits per heavy atom. The van der Waals surface area contributed by atoms with E-state index < -0.39 is 5.51 Å². The van der Waals surface area contributed by atoms with Crippen molar-refractivity contribution in [3.05, 3.63) is 0 Å². The van der Waals surface area contributed by atoms with Gasteiger partial charge in [0.25, 0.3) is 0 Å². The summed E-state index contributed by atoms with van der Waals surface area (Å²) in [4.78, 5) is 0. The van der Waals surface area contributed by atoms with Gasteiger partial charge in [-0.05, 0) is 35.6 Å². The first kappa shape index (κ1) is 13.8. The van der Waals surface area contributed by atoms with Gasteiger partial charge in [-0.15, -0.1) is 0 Å². The highest BCUT2D eigenvalue weighted by molar-refractivity contribution is 14.1. The minimum Gasteiger partial charge on any atom is -0.316 e. The lowest BCUT2D eigenvalue weighted by molar-refractivity contribution is -0.0327. The molecule has 0 amide bonds. The van der Waals surface area contributed by atoms with Crippen molar-refractivity contribution >= 4 is 34.4 Å². The third kappa shape index (κ3) is 12.8. The average molecular weight is 327 g/mol. The molecule has 0 unspecified atom stereocenters. The fourth-order valence-corrected chi connectivity index (χ4v) is 1.73. The van der Waals surface area contributed by atoms with Gasteiger partial charge in [0.2, 0.25) is 0 Å². The molecule has 6 heteroatoms. The van der Waals surface area contributed by atoms with Crippen LogP contribution in [-0.4, -0.2) is 28.8 Å². The third-order valence-corrected chi connectivity index (χ3v) is 2.78. The molecular formula is C7H13F3INS. The van der Waals surface area contributed by atoms with E-state index in [0.717, 1.165) is 23.8 Å². The Morgan fingerprint density at radius 1 is 1.15 bits per heavy atom. The molecule has 0 saturated carbocycles. The van der Waals surface area contributed by atoms with Gasteiger partial charge < -0.3 is 5.32 Å². The maximum Gasteiger partial charge on any atom is 0.441 e. The summed E-state index contributed by atoms with van der Waals surface area (Å²) < 4.78 is 36.0. The molecule has 0 aliphatic heterocycles. The summed E-state index contributed by atoms with van der Waals surface area (Å²) in [6.45, 7) is 1.26. The number of hydrogen-bond acceptors (Lipinski definition) is 2. The SMILES string of the molecule is FC(F)(F)SCCNCCCCI. The molecule has 0 atom stereocenters. The fourth-order valence-electron chi connectivity index (χ4n) is 0.708. The van der Waals surface area contributed by atoms with E-state index in [9.17, 15) is 13.2 Å². The molecule has 0 saturated heterocycles. The number of thioether (sulfide) groups is 1. The summed E-state index contributed by atoms with van der Waals surface area (Å²) in [5, 5.41) is 2.97. The van der Waals surface area contributed by atoms with Gasteiger partial charge in [0.05, 0.1) is 0 Å². The van der Waals surface area contributed by atoms with Gasteiger partial charge in [0.1, 0.15) is 0 Å². The molecule has 0 fully saturated rings. The topological polar surface area (TPSA) is 12.0 Å². The van der Waals surface area contributed by atoms with Crippen molar-refractivity contribution in [3.8, 4) is 0 Å². The standard InChI is InChI=1S/C7H13F3INS/c8-7(9,10)13-6-5-12-4-2-1-3-11/h12H,1-6H2. The van der Waals surface area contributed by atoms with Gasteiger partial charge >= 0.3 is 5.51 Å². The Labute approximate surface area is 94.4 Å². The summed E-state index contributed by atoms with van der Waals surface area (Å²) >= 11 is 2.32. The Morgan fingerprint density at radius 3 is 2.38 bits per heavy atom. The molecule has 1 N–H and O–H groups in total. The normalized spacial score (nSPS) is 12.0. The molecule has 0 radical (unpaired) electrons. The Balaban J connectivity index is 3.00. The first-order valence-corrected chi connectivity index (χ1v) is 6.55. The predicted molar refractivity (Wildman–Crippen MR) is 59.5 cm³/mol. The van der Waals surface area contributed by atoms with Crippen molar-refractivity contribution in [2.24, 2.45) is 0 Å². The van der Waals surface area contributed by atoms with Crippen LogP contribution in [0.25, 0.3) is 0 Å². The monoisotopic (exact) mass is 327 g/mol. The molecule has 0 aliphatic rings. The number of alkyl halides is 4. The van der Waals surface area contributed by atoms with E-state index in [1.165, 1.54) is 0 Å². The number of nitrogens with one attached hydrogen (secondary N) is 1. The van der Waals surface area contributed by atoms with Crippen molar-refractivity contribution in [1.82, 2.24) is 5.32 Å². The summed E-state index contributed by atoms with van der Waals surface area (Å²) in [6, 6.07) is 0. The van der Waals surface area contributed by atoms with E-state index in [4.69, 9.17) is 0 Å². The second-order valence-corrected chi connectivity index (χ2v) is 4.68. The molecule has 1 nitrogen and oxygen atoms in total. The van der Waals surface area contributed by atoms with Gasteiger partial charge in [-0.1, -0.05) is 22.6 Å². The van der Waals surface area contributed by atoms with Gasteiger partial charge in [-0.25, -0.2) is 0 Å². The van der Waals surface area contributed by atoms with Crippen LogP contribution in [0.5, 0.6) is 0 Å². The van der Waals surface area contributed by atoms with E-state index in [1.807, 2.05) is 0 Å². The van der Waals surface area contributed by atoms with E-state index in [-0.39, 0.29) is 17.5 Å². The second kappa shape index (κ2) is 8.16. The fraction of sp³-hybridized carbons (Fsp3) is 1.00.